The van der Waals surface area contributed by atoms with E-state index in [0.29, 0.717) is 49.5 Å². The number of rotatable bonds is 8. The molecule has 1 aliphatic rings. The molecule has 0 fully saturated rings. The Morgan fingerprint density at radius 1 is 0.921 bits per heavy atom. The molecular weight excluding hydrogens is 527 g/mol. The minimum absolute atomic E-state index is 0.00797. The van der Waals surface area contributed by atoms with Gasteiger partial charge < -0.3 is 18.9 Å². The summed E-state index contributed by atoms with van der Waals surface area (Å²) in [5.74, 6) is 0.945. The number of halogens is 2. The minimum Gasteiger partial charge on any atom is -0.496 e. The largest absolute Gasteiger partial charge is 0.496 e. The van der Waals surface area contributed by atoms with Gasteiger partial charge in [0.25, 0.3) is 0 Å². The van der Waals surface area contributed by atoms with Gasteiger partial charge in [0.2, 0.25) is 0 Å². The van der Waals surface area contributed by atoms with Crippen molar-refractivity contribution in [1.82, 2.24) is 0 Å². The number of methoxy groups -OCH3 is 2. The van der Waals surface area contributed by atoms with Gasteiger partial charge in [-0.3, -0.25) is 9.59 Å². The molecular formula is C30H26Cl2O6. The lowest BCUT2D eigenvalue weighted by Gasteiger charge is -2.29. The molecule has 8 heteroatoms. The molecule has 38 heavy (non-hydrogen) atoms. The maximum Gasteiger partial charge on any atom is 0.315 e. The van der Waals surface area contributed by atoms with Gasteiger partial charge in [0.1, 0.15) is 17.1 Å². The monoisotopic (exact) mass is 552 g/mol. The average Bonchev–Trinajstić information content (AvgIpc) is 2.88. The van der Waals surface area contributed by atoms with E-state index in [9.17, 15) is 9.59 Å². The number of fused-ring (bicyclic) bond motifs is 1. The first-order chi connectivity index (χ1) is 18.1. The van der Waals surface area contributed by atoms with Crippen molar-refractivity contribution in [3.05, 3.63) is 93.0 Å². The fourth-order valence-corrected chi connectivity index (χ4v) is 4.24. The van der Waals surface area contributed by atoms with E-state index in [2.05, 4.69) is 0 Å². The maximum absolute atomic E-state index is 13.2. The number of ketones is 1. The lowest BCUT2D eigenvalue weighted by Crippen LogP contribution is -2.28. The second-order valence-corrected chi connectivity index (χ2v) is 9.92. The van der Waals surface area contributed by atoms with Gasteiger partial charge in [0.15, 0.2) is 17.3 Å². The topological polar surface area (TPSA) is 71.1 Å². The number of carbonyl (C=O) groups is 2. The molecule has 1 aliphatic heterocycles. The SMILES string of the molecule is COc1ccc(C=CC(=O)c2ccc(OC)c3c2OC(C)(C)C=C3)cc1OC(=O)Cc1ccc(Cl)c(Cl)c1. The van der Waals surface area contributed by atoms with Crippen molar-refractivity contribution >= 4 is 47.1 Å². The minimum atomic E-state index is -0.565. The molecule has 3 aromatic carbocycles. The van der Waals surface area contributed by atoms with Crippen LogP contribution in [0.4, 0.5) is 0 Å². The highest BCUT2D eigenvalue weighted by Gasteiger charge is 2.27. The van der Waals surface area contributed by atoms with Gasteiger partial charge in [-0.1, -0.05) is 41.4 Å². The van der Waals surface area contributed by atoms with E-state index in [1.165, 1.54) is 13.2 Å². The first-order valence-electron chi connectivity index (χ1n) is 11.7. The Balaban J connectivity index is 1.55. The quantitative estimate of drug-likeness (QED) is 0.127. The van der Waals surface area contributed by atoms with Gasteiger partial charge in [-0.2, -0.15) is 0 Å². The van der Waals surface area contributed by atoms with Gasteiger partial charge in [-0.05, 0) is 79.6 Å². The highest BCUT2D eigenvalue weighted by Crippen LogP contribution is 2.40. The molecule has 196 valence electrons. The van der Waals surface area contributed by atoms with Crippen LogP contribution < -0.4 is 18.9 Å². The van der Waals surface area contributed by atoms with Crippen LogP contribution in [-0.2, 0) is 11.2 Å². The van der Waals surface area contributed by atoms with E-state index in [1.54, 1.807) is 61.7 Å². The van der Waals surface area contributed by atoms with Crippen molar-refractivity contribution in [3.8, 4) is 23.0 Å². The molecule has 3 aromatic rings. The Labute approximate surface area is 231 Å². The van der Waals surface area contributed by atoms with Gasteiger partial charge in [-0.25, -0.2) is 0 Å². The molecule has 0 saturated heterocycles. The smallest absolute Gasteiger partial charge is 0.315 e. The van der Waals surface area contributed by atoms with Crippen LogP contribution in [0.2, 0.25) is 10.0 Å². The summed E-state index contributed by atoms with van der Waals surface area (Å²) >= 11 is 12.0. The Kier molecular flexibility index (Phi) is 8.14. The van der Waals surface area contributed by atoms with E-state index in [-0.39, 0.29) is 18.0 Å². The molecule has 1 heterocycles. The number of hydrogen-bond acceptors (Lipinski definition) is 6. The van der Waals surface area contributed by atoms with Crippen LogP contribution in [0, 0.1) is 0 Å². The number of esters is 1. The second kappa shape index (κ2) is 11.3. The summed E-state index contributed by atoms with van der Waals surface area (Å²) in [4.78, 5) is 25.8. The molecule has 0 aromatic heterocycles. The first-order valence-corrected chi connectivity index (χ1v) is 12.5. The van der Waals surface area contributed by atoms with Gasteiger partial charge >= 0.3 is 5.97 Å². The number of carbonyl (C=O) groups excluding carboxylic acids is 2. The summed E-state index contributed by atoms with van der Waals surface area (Å²) in [7, 11) is 3.05. The van der Waals surface area contributed by atoms with Crippen molar-refractivity contribution in [1.29, 1.82) is 0 Å². The zero-order chi connectivity index (χ0) is 27.4. The fraction of sp³-hybridized carbons (Fsp3) is 0.200. The Hall–Kier alpha value is -3.74. The van der Waals surface area contributed by atoms with Crippen LogP contribution in [-0.4, -0.2) is 31.6 Å². The molecule has 0 amide bonds. The van der Waals surface area contributed by atoms with E-state index in [0.717, 1.165) is 0 Å². The normalized spacial score (nSPS) is 13.5. The zero-order valence-electron chi connectivity index (χ0n) is 21.3. The lowest BCUT2D eigenvalue weighted by atomic mass is 9.97. The average molecular weight is 553 g/mol. The highest BCUT2D eigenvalue weighted by atomic mass is 35.5. The number of allylic oxidation sites excluding steroid dienone is 1. The molecule has 0 unspecified atom stereocenters. The van der Waals surface area contributed by atoms with Crippen LogP contribution in [0.3, 0.4) is 0 Å². The molecule has 0 spiro atoms. The van der Waals surface area contributed by atoms with Gasteiger partial charge in [0, 0.05) is 0 Å². The van der Waals surface area contributed by atoms with Crippen molar-refractivity contribution in [3.63, 3.8) is 0 Å². The van der Waals surface area contributed by atoms with Gasteiger partial charge in [0.05, 0.1) is 41.8 Å². The summed E-state index contributed by atoms with van der Waals surface area (Å²) in [5, 5.41) is 0.760. The van der Waals surface area contributed by atoms with Crippen LogP contribution >= 0.6 is 23.2 Å². The molecule has 0 N–H and O–H groups in total. The third-order valence-electron chi connectivity index (χ3n) is 5.83. The zero-order valence-corrected chi connectivity index (χ0v) is 22.9. The number of ether oxygens (including phenoxy) is 4. The molecule has 0 saturated carbocycles. The Bertz CT molecular complexity index is 1460. The first kappa shape index (κ1) is 27.3. The van der Waals surface area contributed by atoms with Gasteiger partial charge in [-0.15, -0.1) is 0 Å². The molecule has 4 rings (SSSR count). The molecule has 0 atom stereocenters. The Morgan fingerprint density at radius 2 is 1.66 bits per heavy atom. The summed E-state index contributed by atoms with van der Waals surface area (Å²) in [6, 6.07) is 13.4. The third kappa shape index (κ3) is 6.21. The van der Waals surface area contributed by atoms with E-state index in [1.807, 2.05) is 26.0 Å². The van der Waals surface area contributed by atoms with E-state index < -0.39 is 11.6 Å². The highest BCUT2D eigenvalue weighted by molar-refractivity contribution is 6.42. The van der Waals surface area contributed by atoms with E-state index >= 15 is 0 Å². The Morgan fingerprint density at radius 3 is 2.37 bits per heavy atom. The van der Waals surface area contributed by atoms with Crippen molar-refractivity contribution in [2.75, 3.05) is 14.2 Å². The standard InChI is InChI=1S/C30H26Cl2O6/c1-30(2)14-13-21-25(35-3)12-8-20(29(21)38-30)24(33)10-6-18-7-11-26(36-4)27(16-18)37-28(34)17-19-5-9-22(31)23(32)15-19/h5-16H,17H2,1-4H3. The predicted molar refractivity (Wildman–Crippen MR) is 149 cm³/mol. The van der Waals surface area contributed by atoms with Crippen LogP contribution in [0.25, 0.3) is 12.2 Å². The summed E-state index contributed by atoms with van der Waals surface area (Å²) in [6.07, 6.45) is 6.90. The molecule has 0 bridgehead atoms. The third-order valence-corrected chi connectivity index (χ3v) is 6.57. The maximum atomic E-state index is 13.2. The van der Waals surface area contributed by atoms with Crippen LogP contribution in [0.5, 0.6) is 23.0 Å². The second-order valence-electron chi connectivity index (χ2n) is 9.10. The molecule has 0 aliphatic carbocycles. The summed E-state index contributed by atoms with van der Waals surface area (Å²) in [6.45, 7) is 3.83. The van der Waals surface area contributed by atoms with Crippen LogP contribution in [0.1, 0.15) is 40.9 Å². The summed E-state index contributed by atoms with van der Waals surface area (Å²) < 4.78 is 22.5. The van der Waals surface area contributed by atoms with Crippen molar-refractivity contribution < 1.29 is 28.5 Å². The van der Waals surface area contributed by atoms with Crippen LogP contribution in [0.15, 0.2) is 60.7 Å². The fourth-order valence-electron chi connectivity index (χ4n) is 3.92. The summed E-state index contributed by atoms with van der Waals surface area (Å²) in [5.41, 5.74) is 1.86. The van der Waals surface area contributed by atoms with Crippen molar-refractivity contribution in [2.24, 2.45) is 0 Å². The van der Waals surface area contributed by atoms with Crippen molar-refractivity contribution in [2.45, 2.75) is 25.9 Å². The molecule has 0 radical (unpaired) electrons. The number of hydrogen-bond donors (Lipinski definition) is 0. The predicted octanol–water partition coefficient (Wildman–Crippen LogP) is 7.24. The number of benzene rings is 3. The van der Waals surface area contributed by atoms with E-state index in [4.69, 9.17) is 42.1 Å². The lowest BCUT2D eigenvalue weighted by molar-refractivity contribution is -0.133. The molecule has 6 nitrogen and oxygen atoms in total.